The molecule has 0 saturated carbocycles. The van der Waals surface area contributed by atoms with Crippen LogP contribution in [0.3, 0.4) is 0 Å². The van der Waals surface area contributed by atoms with Crippen LogP contribution in [0.5, 0.6) is 0 Å². The molecule has 0 saturated heterocycles. The Hall–Kier alpha value is -1.29. The SMILES string of the molecule is CNc1cncc(NCC(C)(C)CCCO)c1. The molecule has 0 spiro atoms. The van der Waals surface area contributed by atoms with Gasteiger partial charge in [-0.05, 0) is 24.3 Å². The second kappa shape index (κ2) is 6.45. The zero-order chi connectivity index (χ0) is 12.7. The molecule has 0 aliphatic carbocycles. The van der Waals surface area contributed by atoms with Crippen molar-refractivity contribution in [2.45, 2.75) is 26.7 Å². The predicted octanol–water partition coefficient (Wildman–Crippen LogP) is 2.33. The first-order chi connectivity index (χ1) is 8.07. The Morgan fingerprint density at radius 2 is 2.00 bits per heavy atom. The minimum Gasteiger partial charge on any atom is -0.396 e. The molecule has 17 heavy (non-hydrogen) atoms. The fourth-order valence-electron chi connectivity index (χ4n) is 1.66. The molecule has 0 bridgehead atoms. The lowest BCUT2D eigenvalue weighted by molar-refractivity contribution is 0.248. The number of nitrogens with one attached hydrogen (secondary N) is 2. The Morgan fingerprint density at radius 3 is 2.65 bits per heavy atom. The number of anilines is 2. The highest BCUT2D eigenvalue weighted by molar-refractivity contribution is 5.53. The van der Waals surface area contributed by atoms with E-state index < -0.39 is 0 Å². The van der Waals surface area contributed by atoms with Gasteiger partial charge < -0.3 is 15.7 Å². The highest BCUT2D eigenvalue weighted by Crippen LogP contribution is 2.23. The standard InChI is InChI=1S/C13H23N3O/c1-13(2,5-4-6-17)10-16-12-7-11(14-3)8-15-9-12/h7-9,14,16-17H,4-6,10H2,1-3H3. The molecule has 1 heterocycles. The maximum Gasteiger partial charge on any atom is 0.0547 e. The lowest BCUT2D eigenvalue weighted by Crippen LogP contribution is -2.23. The molecule has 0 unspecified atom stereocenters. The monoisotopic (exact) mass is 237 g/mol. The van der Waals surface area contributed by atoms with Crippen molar-refractivity contribution in [2.75, 3.05) is 30.8 Å². The van der Waals surface area contributed by atoms with Gasteiger partial charge in [0.2, 0.25) is 0 Å². The van der Waals surface area contributed by atoms with Gasteiger partial charge in [0.05, 0.1) is 23.8 Å². The summed E-state index contributed by atoms with van der Waals surface area (Å²) in [7, 11) is 1.88. The first kappa shape index (κ1) is 13.8. The molecule has 4 nitrogen and oxygen atoms in total. The second-order valence-corrected chi connectivity index (χ2v) is 5.06. The Bertz CT molecular complexity index is 339. The summed E-state index contributed by atoms with van der Waals surface area (Å²) in [6.07, 6.45) is 5.48. The molecule has 1 rings (SSSR count). The van der Waals surface area contributed by atoms with Gasteiger partial charge in [-0.1, -0.05) is 13.8 Å². The average Bonchev–Trinajstić information content (AvgIpc) is 2.34. The fraction of sp³-hybridized carbons (Fsp3) is 0.615. The molecule has 0 radical (unpaired) electrons. The van der Waals surface area contributed by atoms with Crippen LogP contribution >= 0.6 is 0 Å². The van der Waals surface area contributed by atoms with E-state index in [1.54, 1.807) is 6.20 Å². The Morgan fingerprint density at radius 1 is 1.29 bits per heavy atom. The summed E-state index contributed by atoms with van der Waals surface area (Å²) in [5.74, 6) is 0. The van der Waals surface area contributed by atoms with Crippen molar-refractivity contribution in [2.24, 2.45) is 5.41 Å². The minimum absolute atomic E-state index is 0.179. The van der Waals surface area contributed by atoms with Gasteiger partial charge >= 0.3 is 0 Å². The van der Waals surface area contributed by atoms with E-state index in [0.717, 1.165) is 30.8 Å². The number of aliphatic hydroxyl groups is 1. The summed E-state index contributed by atoms with van der Waals surface area (Å²) in [4.78, 5) is 4.15. The van der Waals surface area contributed by atoms with Crippen LogP contribution in [0.2, 0.25) is 0 Å². The molecule has 0 amide bonds. The van der Waals surface area contributed by atoms with E-state index in [4.69, 9.17) is 5.11 Å². The topological polar surface area (TPSA) is 57.2 Å². The van der Waals surface area contributed by atoms with Gasteiger partial charge in [0.25, 0.3) is 0 Å². The van der Waals surface area contributed by atoms with Crippen molar-refractivity contribution >= 4 is 11.4 Å². The third-order valence-electron chi connectivity index (χ3n) is 2.81. The van der Waals surface area contributed by atoms with E-state index in [2.05, 4.69) is 29.5 Å². The molecule has 3 N–H and O–H groups in total. The maximum absolute atomic E-state index is 8.84. The van der Waals surface area contributed by atoms with Crippen LogP contribution in [-0.4, -0.2) is 30.3 Å². The highest BCUT2D eigenvalue weighted by Gasteiger charge is 2.16. The Labute approximate surface area is 103 Å². The number of nitrogens with zero attached hydrogens (tertiary/aromatic N) is 1. The van der Waals surface area contributed by atoms with Crippen LogP contribution in [0.4, 0.5) is 11.4 Å². The third-order valence-corrected chi connectivity index (χ3v) is 2.81. The van der Waals surface area contributed by atoms with Crippen molar-refractivity contribution in [1.82, 2.24) is 4.98 Å². The molecule has 0 aliphatic heterocycles. The molecule has 0 fully saturated rings. The van der Waals surface area contributed by atoms with Crippen LogP contribution in [-0.2, 0) is 0 Å². The minimum atomic E-state index is 0.179. The lowest BCUT2D eigenvalue weighted by Gasteiger charge is -2.25. The molecule has 1 aromatic heterocycles. The van der Waals surface area contributed by atoms with Crippen molar-refractivity contribution in [3.63, 3.8) is 0 Å². The summed E-state index contributed by atoms with van der Waals surface area (Å²) in [6.45, 7) is 5.54. The first-order valence-corrected chi connectivity index (χ1v) is 6.05. The fourth-order valence-corrected chi connectivity index (χ4v) is 1.66. The van der Waals surface area contributed by atoms with E-state index in [1.807, 2.05) is 19.3 Å². The molecular formula is C13H23N3O. The zero-order valence-electron chi connectivity index (χ0n) is 11.0. The third kappa shape index (κ3) is 5.04. The maximum atomic E-state index is 8.84. The van der Waals surface area contributed by atoms with E-state index in [0.29, 0.717) is 0 Å². The molecule has 0 atom stereocenters. The van der Waals surface area contributed by atoms with Crippen LogP contribution in [0, 0.1) is 5.41 Å². The summed E-state index contributed by atoms with van der Waals surface area (Å²) in [5.41, 5.74) is 2.20. The van der Waals surface area contributed by atoms with Crippen molar-refractivity contribution in [1.29, 1.82) is 0 Å². The van der Waals surface area contributed by atoms with Gasteiger partial charge in [-0.25, -0.2) is 0 Å². The largest absolute Gasteiger partial charge is 0.396 e. The van der Waals surface area contributed by atoms with E-state index >= 15 is 0 Å². The molecule has 0 aromatic carbocycles. The Balaban J connectivity index is 2.48. The van der Waals surface area contributed by atoms with Crippen molar-refractivity contribution in [3.8, 4) is 0 Å². The zero-order valence-corrected chi connectivity index (χ0v) is 11.0. The quantitative estimate of drug-likeness (QED) is 0.681. The van der Waals surface area contributed by atoms with Crippen LogP contribution in [0.25, 0.3) is 0 Å². The summed E-state index contributed by atoms with van der Waals surface area (Å²) >= 11 is 0. The van der Waals surface area contributed by atoms with Gasteiger partial charge in [0, 0.05) is 20.2 Å². The summed E-state index contributed by atoms with van der Waals surface area (Å²) < 4.78 is 0. The van der Waals surface area contributed by atoms with Crippen LogP contribution in [0.15, 0.2) is 18.5 Å². The number of aromatic nitrogens is 1. The van der Waals surface area contributed by atoms with E-state index in [1.165, 1.54) is 0 Å². The van der Waals surface area contributed by atoms with Crippen molar-refractivity contribution < 1.29 is 5.11 Å². The number of aliphatic hydroxyl groups excluding tert-OH is 1. The van der Waals surface area contributed by atoms with Crippen LogP contribution in [0.1, 0.15) is 26.7 Å². The molecule has 96 valence electrons. The van der Waals surface area contributed by atoms with E-state index in [-0.39, 0.29) is 12.0 Å². The Kier molecular flexibility index (Phi) is 5.22. The average molecular weight is 237 g/mol. The van der Waals surface area contributed by atoms with Gasteiger partial charge in [-0.2, -0.15) is 0 Å². The van der Waals surface area contributed by atoms with Crippen molar-refractivity contribution in [3.05, 3.63) is 18.5 Å². The summed E-state index contributed by atoms with van der Waals surface area (Å²) in [6, 6.07) is 2.04. The second-order valence-electron chi connectivity index (χ2n) is 5.06. The van der Waals surface area contributed by atoms with Gasteiger partial charge in [0.1, 0.15) is 0 Å². The van der Waals surface area contributed by atoms with Gasteiger partial charge in [0.15, 0.2) is 0 Å². The molecular weight excluding hydrogens is 214 g/mol. The first-order valence-electron chi connectivity index (χ1n) is 6.05. The van der Waals surface area contributed by atoms with Gasteiger partial charge in [-0.3, -0.25) is 4.98 Å². The number of hydrogen-bond acceptors (Lipinski definition) is 4. The van der Waals surface area contributed by atoms with Crippen LogP contribution < -0.4 is 10.6 Å². The molecule has 4 heteroatoms. The lowest BCUT2D eigenvalue weighted by atomic mass is 9.88. The molecule has 1 aromatic rings. The number of hydrogen-bond donors (Lipinski definition) is 3. The predicted molar refractivity (Wildman–Crippen MR) is 72.4 cm³/mol. The van der Waals surface area contributed by atoms with E-state index in [9.17, 15) is 0 Å². The summed E-state index contributed by atoms with van der Waals surface area (Å²) in [5, 5.41) is 15.3. The smallest absolute Gasteiger partial charge is 0.0547 e. The number of rotatable bonds is 7. The number of pyridine rings is 1. The van der Waals surface area contributed by atoms with Gasteiger partial charge in [-0.15, -0.1) is 0 Å². The highest BCUT2D eigenvalue weighted by atomic mass is 16.2. The normalized spacial score (nSPS) is 11.3. The molecule has 0 aliphatic rings.